The zero-order valence-electron chi connectivity index (χ0n) is 9.63. The van der Waals surface area contributed by atoms with Crippen LogP contribution in [0.5, 0.6) is 5.75 Å². The number of nitrogens with zero attached hydrogens (tertiary/aromatic N) is 2. The van der Waals surface area contributed by atoms with Gasteiger partial charge in [0.2, 0.25) is 5.91 Å². The predicted molar refractivity (Wildman–Crippen MR) is 69.3 cm³/mol. The standard InChI is InChI=1S/C11H11BrN2O4/c1-18-9-4-2-3-8(14(16)17)11(9)13-6-7(12)5-10(13)15/h2-4,7H,5-6H2,1H3. The number of carbonyl (C=O) groups is 1. The fraction of sp³-hybridized carbons (Fsp3) is 0.364. The van der Waals surface area contributed by atoms with Gasteiger partial charge in [-0.25, -0.2) is 0 Å². The van der Waals surface area contributed by atoms with Gasteiger partial charge in [-0.05, 0) is 6.07 Å². The minimum atomic E-state index is -0.507. The molecule has 1 aliphatic heterocycles. The van der Waals surface area contributed by atoms with Crippen molar-refractivity contribution in [1.29, 1.82) is 0 Å². The van der Waals surface area contributed by atoms with E-state index in [9.17, 15) is 14.9 Å². The predicted octanol–water partition coefficient (Wildman–Crippen LogP) is 2.10. The number of methoxy groups -OCH3 is 1. The Balaban J connectivity index is 2.54. The summed E-state index contributed by atoms with van der Waals surface area (Å²) in [5, 5.41) is 11.0. The van der Waals surface area contributed by atoms with E-state index < -0.39 is 4.92 Å². The summed E-state index contributed by atoms with van der Waals surface area (Å²) >= 11 is 3.35. The third-order valence-electron chi connectivity index (χ3n) is 2.74. The largest absolute Gasteiger partial charge is 0.494 e. The molecule has 0 radical (unpaired) electrons. The van der Waals surface area contributed by atoms with E-state index in [1.807, 2.05) is 0 Å². The lowest BCUT2D eigenvalue weighted by Gasteiger charge is -2.18. The minimum absolute atomic E-state index is 0.00881. The summed E-state index contributed by atoms with van der Waals surface area (Å²) in [4.78, 5) is 23.8. The summed E-state index contributed by atoms with van der Waals surface area (Å²) in [6.07, 6.45) is 0.329. The maximum Gasteiger partial charge on any atom is 0.296 e. The maximum atomic E-state index is 11.8. The number of rotatable bonds is 3. The molecule has 96 valence electrons. The van der Waals surface area contributed by atoms with Crippen LogP contribution in [0.25, 0.3) is 0 Å². The Morgan fingerprint density at radius 2 is 2.28 bits per heavy atom. The third-order valence-corrected chi connectivity index (χ3v) is 3.36. The van der Waals surface area contributed by atoms with E-state index in [0.29, 0.717) is 18.7 Å². The lowest BCUT2D eigenvalue weighted by Crippen LogP contribution is -2.26. The molecule has 1 atom stereocenters. The fourth-order valence-corrected chi connectivity index (χ4v) is 2.54. The number of hydrogen-bond acceptors (Lipinski definition) is 4. The average Bonchev–Trinajstić information content (AvgIpc) is 2.67. The van der Waals surface area contributed by atoms with Crippen LogP contribution in [0, 0.1) is 10.1 Å². The average molecular weight is 315 g/mol. The summed E-state index contributed by atoms with van der Waals surface area (Å²) in [7, 11) is 1.43. The Bertz CT molecular complexity index is 506. The highest BCUT2D eigenvalue weighted by atomic mass is 79.9. The number of nitro benzene ring substituents is 1. The van der Waals surface area contributed by atoms with E-state index in [-0.39, 0.29) is 22.1 Å². The van der Waals surface area contributed by atoms with Gasteiger partial charge in [0.15, 0.2) is 5.69 Å². The SMILES string of the molecule is COc1cccc([N+](=O)[O-])c1N1CC(Br)CC1=O. The molecule has 1 aromatic carbocycles. The van der Waals surface area contributed by atoms with Crippen molar-refractivity contribution < 1.29 is 14.5 Å². The fourth-order valence-electron chi connectivity index (χ4n) is 1.97. The van der Waals surface area contributed by atoms with Crippen LogP contribution < -0.4 is 9.64 Å². The molecular weight excluding hydrogens is 304 g/mol. The van der Waals surface area contributed by atoms with Crippen LogP contribution in [-0.2, 0) is 4.79 Å². The molecule has 1 unspecified atom stereocenters. The van der Waals surface area contributed by atoms with E-state index >= 15 is 0 Å². The first-order valence-corrected chi connectivity index (χ1v) is 6.22. The molecular formula is C11H11BrN2O4. The van der Waals surface area contributed by atoms with E-state index in [4.69, 9.17) is 4.74 Å². The van der Waals surface area contributed by atoms with Gasteiger partial charge in [0.05, 0.1) is 12.0 Å². The molecule has 1 aliphatic rings. The molecule has 1 amide bonds. The molecule has 2 rings (SSSR count). The number of nitro groups is 1. The second-order valence-corrected chi connectivity index (χ2v) is 5.19. The van der Waals surface area contributed by atoms with Gasteiger partial charge in [0.1, 0.15) is 5.75 Å². The first-order valence-electron chi connectivity index (χ1n) is 5.30. The van der Waals surface area contributed by atoms with Crippen LogP contribution in [-0.4, -0.2) is 29.3 Å². The molecule has 0 aliphatic carbocycles. The van der Waals surface area contributed by atoms with Crippen molar-refractivity contribution in [2.24, 2.45) is 0 Å². The number of anilines is 1. The number of amides is 1. The molecule has 1 saturated heterocycles. The number of halogens is 1. The summed E-state index contributed by atoms with van der Waals surface area (Å²) in [5.41, 5.74) is 0.112. The highest BCUT2D eigenvalue weighted by Gasteiger charge is 2.35. The highest BCUT2D eigenvalue weighted by Crippen LogP contribution is 2.40. The molecule has 0 bridgehead atoms. The molecule has 1 heterocycles. The van der Waals surface area contributed by atoms with Crippen molar-refractivity contribution >= 4 is 33.2 Å². The Morgan fingerprint density at radius 1 is 1.56 bits per heavy atom. The lowest BCUT2D eigenvalue weighted by atomic mass is 10.2. The van der Waals surface area contributed by atoms with Crippen LogP contribution in [0.15, 0.2) is 18.2 Å². The zero-order valence-corrected chi connectivity index (χ0v) is 11.2. The van der Waals surface area contributed by atoms with Crippen molar-refractivity contribution in [3.63, 3.8) is 0 Å². The maximum absolute atomic E-state index is 11.8. The second-order valence-electron chi connectivity index (χ2n) is 3.89. The summed E-state index contributed by atoms with van der Waals surface area (Å²) in [6.45, 7) is 0.403. The molecule has 18 heavy (non-hydrogen) atoms. The van der Waals surface area contributed by atoms with Crippen LogP contribution in [0.3, 0.4) is 0 Å². The lowest BCUT2D eigenvalue weighted by molar-refractivity contribution is -0.384. The van der Waals surface area contributed by atoms with Crippen molar-refractivity contribution in [3.8, 4) is 5.75 Å². The first-order chi connectivity index (χ1) is 8.54. The number of hydrogen-bond donors (Lipinski definition) is 0. The molecule has 6 nitrogen and oxygen atoms in total. The smallest absolute Gasteiger partial charge is 0.296 e. The van der Waals surface area contributed by atoms with Crippen molar-refractivity contribution in [2.75, 3.05) is 18.6 Å². The molecule has 0 saturated carbocycles. The number of benzene rings is 1. The number of para-hydroxylation sites is 1. The van der Waals surface area contributed by atoms with Crippen LogP contribution >= 0.6 is 15.9 Å². The first kappa shape index (κ1) is 12.8. The number of ether oxygens (including phenoxy) is 1. The molecule has 1 fully saturated rings. The second kappa shape index (κ2) is 4.93. The van der Waals surface area contributed by atoms with Gasteiger partial charge in [0.25, 0.3) is 5.69 Å². The monoisotopic (exact) mass is 314 g/mol. The summed E-state index contributed by atoms with van der Waals surface area (Å²) in [5.74, 6) is 0.184. The molecule has 0 spiro atoms. The van der Waals surface area contributed by atoms with Crippen molar-refractivity contribution in [1.82, 2.24) is 0 Å². The van der Waals surface area contributed by atoms with Gasteiger partial charge in [-0.3, -0.25) is 14.9 Å². The van der Waals surface area contributed by atoms with E-state index in [1.54, 1.807) is 6.07 Å². The topological polar surface area (TPSA) is 72.7 Å². The van der Waals surface area contributed by atoms with Crippen LogP contribution in [0.2, 0.25) is 0 Å². The Kier molecular flexibility index (Phi) is 3.51. The minimum Gasteiger partial charge on any atom is -0.494 e. The van der Waals surface area contributed by atoms with Gasteiger partial charge in [-0.15, -0.1) is 0 Å². The Hall–Kier alpha value is -1.63. The van der Waals surface area contributed by atoms with Crippen molar-refractivity contribution in [2.45, 2.75) is 11.2 Å². The quantitative estimate of drug-likeness (QED) is 0.486. The van der Waals surface area contributed by atoms with E-state index in [0.717, 1.165) is 0 Å². The van der Waals surface area contributed by atoms with Gasteiger partial charge < -0.3 is 9.64 Å². The van der Waals surface area contributed by atoms with Crippen LogP contribution in [0.1, 0.15) is 6.42 Å². The number of alkyl halides is 1. The molecule has 0 N–H and O–H groups in total. The van der Waals surface area contributed by atoms with Gasteiger partial charge in [-0.1, -0.05) is 22.0 Å². The highest BCUT2D eigenvalue weighted by molar-refractivity contribution is 9.09. The molecule has 1 aromatic rings. The zero-order chi connectivity index (χ0) is 13.3. The summed E-state index contributed by atoms with van der Waals surface area (Å²) in [6, 6.07) is 4.51. The third kappa shape index (κ3) is 2.17. The Morgan fingerprint density at radius 3 is 2.78 bits per heavy atom. The van der Waals surface area contributed by atoms with Gasteiger partial charge in [-0.2, -0.15) is 0 Å². The van der Waals surface area contributed by atoms with Gasteiger partial charge in [0, 0.05) is 23.9 Å². The van der Waals surface area contributed by atoms with E-state index in [1.165, 1.54) is 24.1 Å². The Labute approximate surface area is 112 Å². The molecule has 7 heteroatoms. The van der Waals surface area contributed by atoms with Gasteiger partial charge >= 0.3 is 0 Å². The molecule has 0 aromatic heterocycles. The number of carbonyl (C=O) groups excluding carboxylic acids is 1. The normalized spacial score (nSPS) is 19.1. The van der Waals surface area contributed by atoms with Crippen molar-refractivity contribution in [3.05, 3.63) is 28.3 Å². The van der Waals surface area contributed by atoms with E-state index in [2.05, 4.69) is 15.9 Å². The summed E-state index contributed by atoms with van der Waals surface area (Å²) < 4.78 is 5.12. The van der Waals surface area contributed by atoms with Crippen LogP contribution in [0.4, 0.5) is 11.4 Å².